The van der Waals surface area contributed by atoms with Crippen molar-refractivity contribution in [1.29, 1.82) is 0 Å². The van der Waals surface area contributed by atoms with Gasteiger partial charge in [-0.05, 0) is 48.6 Å². The molecule has 84 valence electrons. The average molecular weight is 242 g/mol. The molecule has 0 radical (unpaired) electrons. The lowest BCUT2D eigenvalue weighted by Crippen LogP contribution is -2.19. The molecule has 0 aromatic carbocycles. The van der Waals surface area contributed by atoms with Crippen molar-refractivity contribution in [3.05, 3.63) is 0 Å². The minimum atomic E-state index is 0.187. The second kappa shape index (κ2) is 7.84. The lowest BCUT2D eigenvalue weighted by molar-refractivity contribution is 0.281. The summed E-state index contributed by atoms with van der Waals surface area (Å²) in [6, 6.07) is 0. The molecule has 0 heterocycles. The van der Waals surface area contributed by atoms with E-state index >= 15 is 0 Å². The Morgan fingerprint density at radius 1 is 1.20 bits per heavy atom. The van der Waals surface area contributed by atoms with E-state index in [2.05, 4.69) is 65.5 Å². The molecule has 0 rings (SSSR count). The molecule has 0 bridgehead atoms. The Hall–Kier alpha value is -0.400. The molecule has 2 nitrogen and oxygen atoms in total. The minimum Gasteiger partial charge on any atom is -0.233 e. The highest BCUT2D eigenvalue weighted by molar-refractivity contribution is 7.78. The second-order valence-corrected chi connectivity index (χ2v) is 5.01. The largest absolute Gasteiger partial charge is 0.233 e. The van der Waals surface area contributed by atoms with Crippen molar-refractivity contribution in [2.75, 3.05) is 13.1 Å². The van der Waals surface area contributed by atoms with Gasteiger partial charge < -0.3 is 0 Å². The highest BCUT2D eigenvalue weighted by Crippen LogP contribution is 2.27. The predicted octanol–water partition coefficient (Wildman–Crippen LogP) is 3.63. The number of thiocarbonyl (C=S) groups is 2. The number of hydrogen-bond acceptors (Lipinski definition) is 4. The SMILES string of the molecule is CC(CCN=C=S)CC(C)(C)CN=C=S. The molecule has 0 aromatic rings. The van der Waals surface area contributed by atoms with Gasteiger partial charge in [0.15, 0.2) is 0 Å². The number of hydrogen-bond donors (Lipinski definition) is 0. The average Bonchev–Trinajstić information content (AvgIpc) is 2.14. The van der Waals surface area contributed by atoms with Crippen LogP contribution in [0.4, 0.5) is 0 Å². The van der Waals surface area contributed by atoms with Gasteiger partial charge in [-0.3, -0.25) is 0 Å². The van der Waals surface area contributed by atoms with E-state index < -0.39 is 0 Å². The van der Waals surface area contributed by atoms with Crippen molar-refractivity contribution in [1.82, 2.24) is 0 Å². The molecule has 0 saturated heterocycles. The zero-order valence-corrected chi connectivity index (χ0v) is 11.2. The molecular weight excluding hydrogens is 224 g/mol. The van der Waals surface area contributed by atoms with E-state index in [0.29, 0.717) is 5.92 Å². The molecule has 15 heavy (non-hydrogen) atoms. The van der Waals surface area contributed by atoms with E-state index in [0.717, 1.165) is 25.9 Å². The van der Waals surface area contributed by atoms with E-state index in [4.69, 9.17) is 0 Å². The normalized spacial score (nSPS) is 12.5. The summed E-state index contributed by atoms with van der Waals surface area (Å²) < 4.78 is 0. The van der Waals surface area contributed by atoms with Gasteiger partial charge in [0.25, 0.3) is 0 Å². The third-order valence-corrected chi connectivity index (χ3v) is 2.53. The van der Waals surface area contributed by atoms with Gasteiger partial charge >= 0.3 is 0 Å². The van der Waals surface area contributed by atoms with E-state index in [1.807, 2.05) is 0 Å². The molecule has 0 spiro atoms. The third kappa shape index (κ3) is 8.59. The van der Waals surface area contributed by atoms with Crippen LogP contribution in [0.1, 0.15) is 33.6 Å². The first-order chi connectivity index (χ1) is 7.02. The van der Waals surface area contributed by atoms with Crippen molar-refractivity contribution < 1.29 is 0 Å². The van der Waals surface area contributed by atoms with Gasteiger partial charge in [-0.25, -0.2) is 9.98 Å². The van der Waals surface area contributed by atoms with Crippen LogP contribution >= 0.6 is 24.4 Å². The molecule has 0 N–H and O–H groups in total. The molecule has 0 aliphatic heterocycles. The summed E-state index contributed by atoms with van der Waals surface area (Å²) in [4.78, 5) is 7.92. The minimum absolute atomic E-state index is 0.187. The Bertz CT molecular complexity index is 274. The van der Waals surface area contributed by atoms with Gasteiger partial charge in [-0.2, -0.15) is 0 Å². The van der Waals surface area contributed by atoms with Crippen LogP contribution in [0, 0.1) is 11.3 Å². The maximum absolute atomic E-state index is 4.57. The van der Waals surface area contributed by atoms with Crippen LogP contribution < -0.4 is 0 Å². The molecule has 0 amide bonds. The fraction of sp³-hybridized carbons (Fsp3) is 0.818. The van der Waals surface area contributed by atoms with Gasteiger partial charge in [-0.15, -0.1) is 0 Å². The van der Waals surface area contributed by atoms with Crippen LogP contribution in [-0.2, 0) is 0 Å². The van der Waals surface area contributed by atoms with Gasteiger partial charge in [0.2, 0.25) is 0 Å². The molecule has 0 aliphatic rings. The zero-order valence-electron chi connectivity index (χ0n) is 9.62. The Morgan fingerprint density at radius 2 is 1.80 bits per heavy atom. The Kier molecular flexibility index (Phi) is 7.63. The smallest absolute Gasteiger partial charge is 0.0585 e. The van der Waals surface area contributed by atoms with Crippen LogP contribution in [0.15, 0.2) is 9.98 Å². The maximum atomic E-state index is 4.57. The lowest BCUT2D eigenvalue weighted by atomic mass is 9.82. The fourth-order valence-corrected chi connectivity index (χ4v) is 1.84. The van der Waals surface area contributed by atoms with Crippen molar-refractivity contribution in [3.8, 4) is 0 Å². The molecule has 1 atom stereocenters. The van der Waals surface area contributed by atoms with E-state index in [9.17, 15) is 0 Å². The van der Waals surface area contributed by atoms with Crippen LogP contribution in [0.5, 0.6) is 0 Å². The van der Waals surface area contributed by atoms with E-state index in [1.54, 1.807) is 0 Å². The highest BCUT2D eigenvalue weighted by Gasteiger charge is 2.20. The van der Waals surface area contributed by atoms with E-state index in [-0.39, 0.29) is 5.41 Å². The Labute approximate surface area is 103 Å². The maximum Gasteiger partial charge on any atom is 0.0585 e. The van der Waals surface area contributed by atoms with Crippen LogP contribution in [0.25, 0.3) is 0 Å². The van der Waals surface area contributed by atoms with E-state index in [1.165, 1.54) is 0 Å². The number of rotatable bonds is 7. The summed E-state index contributed by atoms with van der Waals surface area (Å²) in [5.74, 6) is 0.618. The van der Waals surface area contributed by atoms with Crippen LogP contribution in [-0.4, -0.2) is 23.4 Å². The molecule has 4 heteroatoms. The zero-order chi connectivity index (χ0) is 11.7. The molecule has 0 fully saturated rings. The summed E-state index contributed by atoms with van der Waals surface area (Å²) in [7, 11) is 0. The van der Waals surface area contributed by atoms with Gasteiger partial charge in [0, 0.05) is 6.54 Å². The summed E-state index contributed by atoms with van der Waals surface area (Å²) in [6.07, 6.45) is 2.16. The lowest BCUT2D eigenvalue weighted by Gasteiger charge is -2.25. The van der Waals surface area contributed by atoms with Gasteiger partial charge in [0.05, 0.1) is 16.9 Å². The monoisotopic (exact) mass is 242 g/mol. The summed E-state index contributed by atoms with van der Waals surface area (Å²) in [6.45, 7) is 8.14. The van der Waals surface area contributed by atoms with Gasteiger partial charge in [0.1, 0.15) is 0 Å². The molecule has 0 aliphatic carbocycles. The molecule has 0 saturated carbocycles. The number of aliphatic imine (C=N–C) groups is 2. The molecule has 0 aromatic heterocycles. The fourth-order valence-electron chi connectivity index (χ4n) is 1.69. The highest BCUT2D eigenvalue weighted by atomic mass is 32.1. The quantitative estimate of drug-likeness (QED) is 0.503. The second-order valence-electron chi connectivity index (χ2n) is 4.64. The third-order valence-electron chi connectivity index (χ3n) is 2.27. The van der Waals surface area contributed by atoms with Crippen molar-refractivity contribution in [2.24, 2.45) is 21.3 Å². The summed E-state index contributed by atoms with van der Waals surface area (Å²) >= 11 is 9.09. The molecular formula is C11H18N2S2. The van der Waals surface area contributed by atoms with Crippen LogP contribution in [0.3, 0.4) is 0 Å². The Morgan fingerprint density at radius 3 is 2.33 bits per heavy atom. The summed E-state index contributed by atoms with van der Waals surface area (Å²) in [5, 5.41) is 4.80. The van der Waals surface area contributed by atoms with Crippen molar-refractivity contribution in [2.45, 2.75) is 33.6 Å². The topological polar surface area (TPSA) is 24.7 Å². The first-order valence-corrected chi connectivity index (χ1v) is 5.91. The summed E-state index contributed by atoms with van der Waals surface area (Å²) in [5.41, 5.74) is 0.187. The van der Waals surface area contributed by atoms with Crippen molar-refractivity contribution in [3.63, 3.8) is 0 Å². The number of isothiocyanates is 2. The Balaban J connectivity index is 3.96. The predicted molar refractivity (Wildman–Crippen MR) is 72.0 cm³/mol. The van der Waals surface area contributed by atoms with Crippen molar-refractivity contribution >= 4 is 34.8 Å². The number of nitrogens with zero attached hydrogens (tertiary/aromatic N) is 2. The first-order valence-electron chi connectivity index (χ1n) is 5.09. The van der Waals surface area contributed by atoms with Crippen LogP contribution in [0.2, 0.25) is 0 Å². The van der Waals surface area contributed by atoms with Gasteiger partial charge in [-0.1, -0.05) is 20.8 Å². The molecule has 1 unspecified atom stereocenters. The first kappa shape index (κ1) is 14.6. The standard InChI is InChI=1S/C11H18N2S2/c1-10(4-5-12-8-14)6-11(2,3)7-13-9-15/h10H,4-7H2,1-3H3.